The fourth-order valence-corrected chi connectivity index (χ4v) is 6.91. The molecule has 0 aromatic heterocycles. The van der Waals surface area contributed by atoms with Gasteiger partial charge in [0, 0.05) is 6.42 Å². The zero-order chi connectivity index (χ0) is 33.8. The fraction of sp³-hybridized carbons (Fsp3) is 0.538. The topological polar surface area (TPSA) is 92.3 Å². The van der Waals surface area contributed by atoms with E-state index in [9.17, 15) is 0 Å². The number of hydrogen-bond acceptors (Lipinski definition) is 10. The minimum atomic E-state index is -0.826. The molecule has 0 amide bonds. The van der Waals surface area contributed by atoms with Gasteiger partial charge in [-0.2, -0.15) is 0 Å². The Morgan fingerprint density at radius 2 is 1.24 bits per heavy atom. The van der Waals surface area contributed by atoms with Gasteiger partial charge < -0.3 is 47.4 Å². The van der Waals surface area contributed by atoms with Crippen molar-refractivity contribution in [1.29, 1.82) is 0 Å². The number of fused-ring (bicyclic) bond motifs is 1. The molecule has 2 unspecified atom stereocenters. The molecule has 10 heteroatoms. The molecule has 0 N–H and O–H groups in total. The van der Waals surface area contributed by atoms with Crippen LogP contribution in [0, 0.1) is 0 Å². The zero-order valence-electron chi connectivity index (χ0n) is 28.7. The van der Waals surface area contributed by atoms with Crippen LogP contribution in [0.1, 0.15) is 50.8 Å². The third-order valence-corrected chi connectivity index (χ3v) is 9.20. The summed E-state index contributed by atoms with van der Waals surface area (Å²) in [5, 5.41) is 0. The first-order valence-corrected chi connectivity index (χ1v) is 17.3. The largest absolute Gasteiger partial charge is 0.374 e. The molecule has 9 atom stereocenters. The van der Waals surface area contributed by atoms with E-state index in [-0.39, 0.29) is 18.8 Å². The summed E-state index contributed by atoms with van der Waals surface area (Å²) >= 11 is 0. The molecule has 3 aromatic rings. The lowest BCUT2D eigenvalue weighted by molar-refractivity contribution is -0.305. The van der Waals surface area contributed by atoms with Crippen LogP contribution in [0.2, 0.25) is 0 Å². The van der Waals surface area contributed by atoms with Gasteiger partial charge in [0.05, 0.1) is 39.1 Å². The Morgan fingerprint density at radius 1 is 0.633 bits per heavy atom. The van der Waals surface area contributed by atoms with Crippen LogP contribution in [0.5, 0.6) is 0 Å². The highest BCUT2D eigenvalue weighted by Crippen LogP contribution is 2.43. The summed E-state index contributed by atoms with van der Waals surface area (Å²) < 4.78 is 64.2. The molecular formula is C39H48O10. The van der Waals surface area contributed by atoms with E-state index in [0.29, 0.717) is 32.8 Å². The molecule has 10 nitrogen and oxygen atoms in total. The Kier molecular flexibility index (Phi) is 10.8. The molecule has 4 aliphatic rings. The lowest BCUT2D eigenvalue weighted by Gasteiger charge is -2.42. The van der Waals surface area contributed by atoms with Crippen LogP contribution in [-0.2, 0) is 67.2 Å². The van der Waals surface area contributed by atoms with E-state index in [2.05, 4.69) is 12.1 Å². The van der Waals surface area contributed by atoms with Gasteiger partial charge in [-0.3, -0.25) is 0 Å². The fourth-order valence-electron chi connectivity index (χ4n) is 6.91. The van der Waals surface area contributed by atoms with Gasteiger partial charge in [-0.25, -0.2) is 0 Å². The Hall–Kier alpha value is -2.74. The Labute approximate surface area is 288 Å². The van der Waals surface area contributed by atoms with E-state index in [1.54, 1.807) is 0 Å². The standard InChI is InChI=1S/C39H48O10/c1-38(2)43-25-31(47-38)34-35(36-37(46-34)49-39(3,4)48-36)45-32-20-29(41-22-27-16-10-6-11-17-27)33(42-23-28-18-12-7-13-19-28)30(44-32)24-40-21-26-14-8-5-9-15-26/h5-19,29-37H,20-25H2,1-4H3/t29?,30?,31-,32+,33+,34-,35+,36-,37-/m1/s1. The van der Waals surface area contributed by atoms with Gasteiger partial charge in [-0.05, 0) is 44.4 Å². The van der Waals surface area contributed by atoms with E-state index in [0.717, 1.165) is 16.7 Å². The van der Waals surface area contributed by atoms with Crippen LogP contribution < -0.4 is 0 Å². The van der Waals surface area contributed by atoms with Crippen molar-refractivity contribution in [3.05, 3.63) is 108 Å². The van der Waals surface area contributed by atoms with Crippen LogP contribution >= 0.6 is 0 Å². The van der Waals surface area contributed by atoms with Gasteiger partial charge in [-0.15, -0.1) is 0 Å². The number of ether oxygens (including phenoxy) is 10. The molecule has 4 fully saturated rings. The van der Waals surface area contributed by atoms with E-state index in [1.165, 1.54) is 0 Å². The molecule has 264 valence electrons. The number of benzene rings is 3. The molecule has 4 heterocycles. The molecule has 0 bridgehead atoms. The highest BCUT2D eigenvalue weighted by molar-refractivity contribution is 5.15. The van der Waals surface area contributed by atoms with E-state index < -0.39 is 54.7 Å². The maximum absolute atomic E-state index is 6.86. The minimum Gasteiger partial charge on any atom is -0.374 e. The van der Waals surface area contributed by atoms with Crippen molar-refractivity contribution in [2.75, 3.05) is 13.2 Å². The first-order chi connectivity index (χ1) is 23.7. The molecule has 0 saturated carbocycles. The molecule has 7 rings (SSSR count). The Bertz CT molecular complexity index is 1450. The third-order valence-electron chi connectivity index (χ3n) is 9.20. The summed E-state index contributed by atoms with van der Waals surface area (Å²) in [5.74, 6) is -1.56. The highest BCUT2D eigenvalue weighted by Gasteiger charge is 2.60. The van der Waals surface area contributed by atoms with Gasteiger partial charge in [0.25, 0.3) is 0 Å². The van der Waals surface area contributed by atoms with Crippen LogP contribution in [0.3, 0.4) is 0 Å². The SMILES string of the molecule is CC1(C)O[C@H]2O[C@H]([C@H]3COC(C)(C)O3)[C@H](O[C@H]3CC(OCc4ccccc4)[C@H](OCc4ccccc4)C(COCc4ccccc4)O3)[C@H]2O1. The average molecular weight is 677 g/mol. The predicted octanol–water partition coefficient (Wildman–Crippen LogP) is 5.90. The molecule has 3 aromatic carbocycles. The summed E-state index contributed by atoms with van der Waals surface area (Å²) in [4.78, 5) is 0. The van der Waals surface area contributed by atoms with E-state index in [1.807, 2.05) is 107 Å². The second-order valence-electron chi connectivity index (χ2n) is 14.0. The lowest BCUT2D eigenvalue weighted by Crippen LogP contribution is -2.55. The molecule has 4 aliphatic heterocycles. The van der Waals surface area contributed by atoms with Gasteiger partial charge in [0.15, 0.2) is 24.2 Å². The highest BCUT2D eigenvalue weighted by atomic mass is 16.9. The van der Waals surface area contributed by atoms with Crippen molar-refractivity contribution in [1.82, 2.24) is 0 Å². The smallest absolute Gasteiger partial charge is 0.190 e. The summed E-state index contributed by atoms with van der Waals surface area (Å²) in [6.07, 6.45) is -4.08. The van der Waals surface area contributed by atoms with Crippen LogP contribution in [-0.4, -0.2) is 80.1 Å². The van der Waals surface area contributed by atoms with Gasteiger partial charge >= 0.3 is 0 Å². The third kappa shape index (κ3) is 8.77. The van der Waals surface area contributed by atoms with Crippen LogP contribution in [0.15, 0.2) is 91.0 Å². The first-order valence-electron chi connectivity index (χ1n) is 17.3. The molecule has 0 spiro atoms. The number of rotatable bonds is 13. The molecule has 0 aliphatic carbocycles. The summed E-state index contributed by atoms with van der Waals surface area (Å²) in [6, 6.07) is 30.3. The second kappa shape index (κ2) is 15.2. The second-order valence-corrected chi connectivity index (χ2v) is 14.0. The van der Waals surface area contributed by atoms with Crippen LogP contribution in [0.25, 0.3) is 0 Å². The normalized spacial score (nSPS) is 33.4. The molecular weight excluding hydrogens is 628 g/mol. The van der Waals surface area contributed by atoms with Crippen molar-refractivity contribution in [2.45, 2.75) is 121 Å². The zero-order valence-corrected chi connectivity index (χ0v) is 28.7. The Balaban J connectivity index is 1.13. The number of hydrogen-bond donors (Lipinski definition) is 0. The van der Waals surface area contributed by atoms with Gasteiger partial charge in [0.2, 0.25) is 0 Å². The van der Waals surface area contributed by atoms with Crippen molar-refractivity contribution < 1.29 is 47.4 Å². The summed E-state index contributed by atoms with van der Waals surface area (Å²) in [7, 11) is 0. The molecule has 49 heavy (non-hydrogen) atoms. The van der Waals surface area contributed by atoms with Gasteiger partial charge in [-0.1, -0.05) is 91.0 Å². The lowest BCUT2D eigenvalue weighted by atomic mass is 10.00. The van der Waals surface area contributed by atoms with Crippen molar-refractivity contribution in [2.24, 2.45) is 0 Å². The van der Waals surface area contributed by atoms with Crippen molar-refractivity contribution in [3.8, 4) is 0 Å². The van der Waals surface area contributed by atoms with E-state index >= 15 is 0 Å². The Morgan fingerprint density at radius 3 is 1.86 bits per heavy atom. The van der Waals surface area contributed by atoms with Crippen molar-refractivity contribution in [3.63, 3.8) is 0 Å². The molecule has 4 saturated heterocycles. The van der Waals surface area contributed by atoms with E-state index in [4.69, 9.17) is 47.4 Å². The first kappa shape index (κ1) is 34.7. The monoisotopic (exact) mass is 676 g/mol. The summed E-state index contributed by atoms with van der Waals surface area (Å²) in [5.41, 5.74) is 3.20. The van der Waals surface area contributed by atoms with Crippen molar-refractivity contribution >= 4 is 0 Å². The average Bonchev–Trinajstić information content (AvgIpc) is 3.72. The van der Waals surface area contributed by atoms with Crippen LogP contribution in [0.4, 0.5) is 0 Å². The summed E-state index contributed by atoms with van der Waals surface area (Å²) in [6.45, 7) is 9.41. The van der Waals surface area contributed by atoms with Gasteiger partial charge in [0.1, 0.15) is 36.6 Å². The maximum Gasteiger partial charge on any atom is 0.190 e. The minimum absolute atomic E-state index is 0.274. The molecule has 0 radical (unpaired) electrons. The quantitative estimate of drug-likeness (QED) is 0.218. The predicted molar refractivity (Wildman–Crippen MR) is 178 cm³/mol. The maximum atomic E-state index is 6.86.